The Morgan fingerprint density at radius 1 is 1.35 bits per heavy atom. The number of nitrogens with two attached hydrogens (primary N) is 2. The molecule has 0 radical (unpaired) electrons. The van der Waals surface area contributed by atoms with Crippen LogP contribution in [0, 0.1) is 0 Å². The molecule has 0 aliphatic rings. The van der Waals surface area contributed by atoms with Crippen molar-refractivity contribution in [1.82, 2.24) is 0 Å². The maximum Gasteiger partial charge on any atom is 0.229 e. The van der Waals surface area contributed by atoms with Crippen molar-refractivity contribution in [3.63, 3.8) is 0 Å². The maximum atomic E-state index is 11.0. The molecule has 0 unspecified atom stereocenters. The third-order valence-electron chi connectivity index (χ3n) is 2.02. The van der Waals surface area contributed by atoms with Crippen LogP contribution in [0.25, 0.3) is 0 Å². The van der Waals surface area contributed by atoms with E-state index in [-0.39, 0.29) is 11.4 Å². The summed E-state index contributed by atoms with van der Waals surface area (Å²) in [5.74, 6) is -0.253. The van der Waals surface area contributed by atoms with Gasteiger partial charge in [-0.2, -0.15) is 0 Å². The number of hydrogen-bond donors (Lipinski definition) is 5. The number of phenolic OH excluding ortho intramolecular Hbond substituents is 1. The van der Waals surface area contributed by atoms with Crippen molar-refractivity contribution >= 4 is 15.7 Å². The lowest BCUT2D eigenvalue weighted by Crippen LogP contribution is -2.37. The van der Waals surface area contributed by atoms with Gasteiger partial charge in [-0.25, -0.2) is 8.42 Å². The molecule has 1 aromatic rings. The number of anilines is 1. The zero-order valence-electron chi connectivity index (χ0n) is 9.16. The summed E-state index contributed by atoms with van der Waals surface area (Å²) in [6.45, 7) is 0. The highest BCUT2D eigenvalue weighted by Crippen LogP contribution is 2.28. The normalized spacial score (nSPS) is 13.7. The molecule has 0 amide bonds. The first kappa shape index (κ1) is 13.7. The molecule has 1 rings (SSSR count). The Hall–Kier alpha value is -1.35. The summed E-state index contributed by atoms with van der Waals surface area (Å²) in [5, 5.41) is 19.1. The third-order valence-corrected chi connectivity index (χ3v) is 2.61. The van der Waals surface area contributed by atoms with E-state index in [9.17, 15) is 18.6 Å². The molecular formula is C9H15N3O4S. The molecule has 0 fully saturated rings. The lowest BCUT2D eigenvalue weighted by Gasteiger charge is -2.16. The predicted octanol–water partition coefficient (Wildman–Crippen LogP) is -0.959. The van der Waals surface area contributed by atoms with Gasteiger partial charge in [0.25, 0.3) is 0 Å². The van der Waals surface area contributed by atoms with Gasteiger partial charge in [0.05, 0.1) is 18.1 Å². The van der Waals surface area contributed by atoms with Crippen LogP contribution >= 0.6 is 0 Å². The standard InChI is InChI=1S/C9H15N3O4S/c1-17(15,16)12-6-4-5(2-3-7(6)13)8(14)9(10)11/h2-4,8-9,12-14H,10-11H2,1H3/t8-/m1/s1. The van der Waals surface area contributed by atoms with Crippen molar-refractivity contribution in [1.29, 1.82) is 0 Å². The van der Waals surface area contributed by atoms with Crippen LogP contribution in [0.15, 0.2) is 18.2 Å². The molecule has 7 N–H and O–H groups in total. The van der Waals surface area contributed by atoms with E-state index in [1.165, 1.54) is 18.2 Å². The number of sulfonamides is 1. The first-order chi connectivity index (χ1) is 7.70. The zero-order valence-corrected chi connectivity index (χ0v) is 9.98. The summed E-state index contributed by atoms with van der Waals surface area (Å²) in [5.41, 5.74) is 10.9. The van der Waals surface area contributed by atoms with Crippen molar-refractivity contribution < 1.29 is 18.6 Å². The minimum atomic E-state index is -3.52. The van der Waals surface area contributed by atoms with E-state index in [1.54, 1.807) is 0 Å². The van der Waals surface area contributed by atoms with Gasteiger partial charge in [-0.05, 0) is 17.7 Å². The molecule has 0 spiro atoms. The van der Waals surface area contributed by atoms with Gasteiger partial charge in [0, 0.05) is 0 Å². The first-order valence-electron chi connectivity index (χ1n) is 4.70. The molecule has 17 heavy (non-hydrogen) atoms. The van der Waals surface area contributed by atoms with Crippen molar-refractivity contribution in [3.05, 3.63) is 23.8 Å². The second kappa shape index (κ2) is 4.88. The molecule has 0 saturated carbocycles. The number of nitrogens with one attached hydrogen (secondary N) is 1. The lowest BCUT2D eigenvalue weighted by molar-refractivity contribution is 0.149. The van der Waals surface area contributed by atoms with Crippen molar-refractivity contribution in [2.75, 3.05) is 11.0 Å². The van der Waals surface area contributed by atoms with Crippen LogP contribution in [0.4, 0.5) is 5.69 Å². The smallest absolute Gasteiger partial charge is 0.229 e. The molecule has 0 heterocycles. The predicted molar refractivity (Wildman–Crippen MR) is 63.7 cm³/mol. The van der Waals surface area contributed by atoms with E-state index >= 15 is 0 Å². The van der Waals surface area contributed by atoms with Gasteiger partial charge < -0.3 is 21.7 Å². The Kier molecular flexibility index (Phi) is 3.94. The van der Waals surface area contributed by atoms with Crippen LogP contribution in [0.2, 0.25) is 0 Å². The number of aliphatic hydroxyl groups excluding tert-OH is 1. The first-order valence-corrected chi connectivity index (χ1v) is 6.60. The van der Waals surface area contributed by atoms with Crippen LogP contribution in [-0.2, 0) is 10.0 Å². The molecule has 7 nitrogen and oxygen atoms in total. The zero-order chi connectivity index (χ0) is 13.2. The average Bonchev–Trinajstić information content (AvgIpc) is 2.18. The van der Waals surface area contributed by atoms with Crippen molar-refractivity contribution in [3.8, 4) is 5.75 Å². The fourth-order valence-corrected chi connectivity index (χ4v) is 1.80. The van der Waals surface area contributed by atoms with Gasteiger partial charge in [0.2, 0.25) is 10.0 Å². The summed E-state index contributed by atoms with van der Waals surface area (Å²) < 4.78 is 24.2. The lowest BCUT2D eigenvalue weighted by atomic mass is 10.1. The molecule has 0 aromatic heterocycles. The third kappa shape index (κ3) is 3.86. The molecular weight excluding hydrogens is 246 g/mol. The Morgan fingerprint density at radius 3 is 2.41 bits per heavy atom. The van der Waals surface area contributed by atoms with Crippen molar-refractivity contribution in [2.24, 2.45) is 11.5 Å². The van der Waals surface area contributed by atoms with Gasteiger partial charge in [-0.3, -0.25) is 4.72 Å². The second-order valence-electron chi connectivity index (χ2n) is 3.67. The number of aromatic hydroxyl groups is 1. The van der Waals surface area contributed by atoms with E-state index in [0.29, 0.717) is 5.56 Å². The van der Waals surface area contributed by atoms with E-state index < -0.39 is 22.3 Å². The summed E-state index contributed by atoms with van der Waals surface area (Å²) in [6.07, 6.45) is -1.19. The SMILES string of the molecule is CS(=O)(=O)Nc1cc([C@@H](O)C(N)N)ccc1O. The van der Waals surface area contributed by atoms with Gasteiger partial charge >= 0.3 is 0 Å². The molecule has 0 saturated heterocycles. The van der Waals surface area contributed by atoms with E-state index in [2.05, 4.69) is 4.72 Å². The molecule has 96 valence electrons. The number of phenols is 1. The number of aliphatic hydroxyl groups is 1. The number of benzene rings is 1. The van der Waals surface area contributed by atoms with E-state index in [0.717, 1.165) is 6.26 Å². The van der Waals surface area contributed by atoms with E-state index in [4.69, 9.17) is 11.5 Å². The highest BCUT2D eigenvalue weighted by molar-refractivity contribution is 7.92. The van der Waals surface area contributed by atoms with Crippen molar-refractivity contribution in [2.45, 2.75) is 12.3 Å². The Labute approximate surface area is 99.1 Å². The molecule has 1 aromatic carbocycles. The summed E-state index contributed by atoms with van der Waals surface area (Å²) in [7, 11) is -3.52. The summed E-state index contributed by atoms with van der Waals surface area (Å²) >= 11 is 0. The fraction of sp³-hybridized carbons (Fsp3) is 0.333. The largest absolute Gasteiger partial charge is 0.506 e. The molecule has 0 aliphatic heterocycles. The molecule has 0 aliphatic carbocycles. The van der Waals surface area contributed by atoms with Gasteiger partial charge in [0.15, 0.2) is 0 Å². The molecule has 1 atom stereocenters. The minimum Gasteiger partial charge on any atom is -0.506 e. The number of hydrogen-bond acceptors (Lipinski definition) is 6. The number of rotatable bonds is 4. The second-order valence-corrected chi connectivity index (χ2v) is 5.42. The van der Waals surface area contributed by atoms with Gasteiger partial charge in [0.1, 0.15) is 11.9 Å². The maximum absolute atomic E-state index is 11.0. The highest BCUT2D eigenvalue weighted by atomic mass is 32.2. The van der Waals surface area contributed by atoms with Crippen LogP contribution in [-0.4, -0.2) is 31.1 Å². The monoisotopic (exact) mass is 261 g/mol. The quantitative estimate of drug-likeness (QED) is 0.349. The van der Waals surface area contributed by atoms with Crippen LogP contribution in [0.1, 0.15) is 11.7 Å². The fourth-order valence-electron chi connectivity index (χ4n) is 1.24. The van der Waals surface area contributed by atoms with Gasteiger partial charge in [-0.1, -0.05) is 6.07 Å². The highest BCUT2D eigenvalue weighted by Gasteiger charge is 2.15. The van der Waals surface area contributed by atoms with Crippen LogP contribution in [0.3, 0.4) is 0 Å². The Morgan fingerprint density at radius 2 is 1.94 bits per heavy atom. The minimum absolute atomic E-state index is 0.0373. The molecule has 8 heteroatoms. The van der Waals surface area contributed by atoms with Crippen LogP contribution in [0.5, 0.6) is 5.75 Å². The topological polar surface area (TPSA) is 139 Å². The molecule has 0 bridgehead atoms. The van der Waals surface area contributed by atoms with E-state index in [1.807, 2.05) is 0 Å². The Bertz CT molecular complexity index is 501. The van der Waals surface area contributed by atoms with Gasteiger partial charge in [-0.15, -0.1) is 0 Å². The summed E-state index contributed by atoms with van der Waals surface area (Å²) in [6, 6.07) is 3.92. The summed E-state index contributed by atoms with van der Waals surface area (Å²) in [4.78, 5) is 0. The van der Waals surface area contributed by atoms with Crippen LogP contribution < -0.4 is 16.2 Å². The Balaban J connectivity index is 3.11. The average molecular weight is 261 g/mol.